The number of carbonyl (C=O) groups excluding carboxylic acids is 1. The van der Waals surface area contributed by atoms with Gasteiger partial charge in [0.25, 0.3) is 0 Å². The van der Waals surface area contributed by atoms with Crippen LogP contribution in [0.1, 0.15) is 27.0 Å². The molecule has 0 atom stereocenters. The molecule has 0 aromatic heterocycles. The molecule has 3 heteroatoms. The van der Waals surface area contributed by atoms with Gasteiger partial charge in [-0.25, -0.2) is 0 Å². The quantitative estimate of drug-likeness (QED) is 0.363. The highest BCUT2D eigenvalue weighted by atomic mass is 16.5. The average molecular weight is 378 g/mol. The van der Waals surface area contributed by atoms with E-state index in [0.717, 1.165) is 16.7 Å². The third-order valence-electron chi connectivity index (χ3n) is 5.01. The normalized spacial score (nSPS) is 12.1. The fraction of sp³-hybridized carbons (Fsp3) is 0.0385. The maximum Gasteiger partial charge on any atom is 0.197 e. The van der Waals surface area contributed by atoms with Gasteiger partial charge in [-0.2, -0.15) is 0 Å². The van der Waals surface area contributed by atoms with Crippen LogP contribution in [0.3, 0.4) is 0 Å². The minimum absolute atomic E-state index is 0.0358. The lowest BCUT2D eigenvalue weighted by atomic mass is 9.84. The number of fused-ring (bicyclic) bond motifs is 2. The van der Waals surface area contributed by atoms with E-state index in [4.69, 9.17) is 9.47 Å². The first-order chi connectivity index (χ1) is 14.3. The van der Waals surface area contributed by atoms with E-state index in [2.05, 4.69) is 0 Å². The van der Waals surface area contributed by atoms with Gasteiger partial charge in [0, 0.05) is 5.56 Å². The highest BCUT2D eigenvalue weighted by molar-refractivity contribution is 6.14. The van der Waals surface area contributed by atoms with Crippen molar-refractivity contribution in [1.82, 2.24) is 0 Å². The first kappa shape index (κ1) is 17.3. The number of ether oxygens (including phenoxy) is 2. The summed E-state index contributed by atoms with van der Waals surface area (Å²) >= 11 is 0. The minimum atomic E-state index is -0.0358. The van der Waals surface area contributed by atoms with E-state index in [1.165, 1.54) is 0 Å². The molecule has 0 heterocycles. The molecule has 0 radical (unpaired) electrons. The summed E-state index contributed by atoms with van der Waals surface area (Å²) in [7, 11) is 0. The van der Waals surface area contributed by atoms with Crippen molar-refractivity contribution in [2.24, 2.45) is 0 Å². The summed E-state index contributed by atoms with van der Waals surface area (Å²) < 4.78 is 12.3. The minimum Gasteiger partial charge on any atom is -0.453 e. The molecule has 0 aliphatic heterocycles. The lowest BCUT2D eigenvalue weighted by Gasteiger charge is -2.23. The smallest absolute Gasteiger partial charge is 0.197 e. The van der Waals surface area contributed by atoms with Gasteiger partial charge < -0.3 is 9.47 Å². The zero-order valence-electron chi connectivity index (χ0n) is 15.7. The lowest BCUT2D eigenvalue weighted by Crippen LogP contribution is -2.16. The second-order valence-corrected chi connectivity index (χ2v) is 6.92. The molecule has 0 N–H and O–H groups in total. The Morgan fingerprint density at radius 1 is 0.586 bits per heavy atom. The molecule has 0 saturated heterocycles. The Labute approximate surface area is 169 Å². The molecule has 0 spiro atoms. The number of benzene rings is 4. The van der Waals surface area contributed by atoms with E-state index < -0.39 is 0 Å². The molecule has 29 heavy (non-hydrogen) atoms. The molecule has 140 valence electrons. The van der Waals surface area contributed by atoms with Crippen molar-refractivity contribution < 1.29 is 14.3 Å². The lowest BCUT2D eigenvalue weighted by molar-refractivity contribution is 0.103. The van der Waals surface area contributed by atoms with E-state index >= 15 is 0 Å². The third kappa shape index (κ3) is 3.27. The summed E-state index contributed by atoms with van der Waals surface area (Å²) in [6.07, 6.45) is 0.689. The summed E-state index contributed by atoms with van der Waals surface area (Å²) in [5.74, 6) is 2.29. The number of rotatable bonds is 4. The Kier molecular flexibility index (Phi) is 4.34. The monoisotopic (exact) mass is 378 g/mol. The summed E-state index contributed by atoms with van der Waals surface area (Å²) in [4.78, 5) is 13.4. The van der Waals surface area contributed by atoms with Crippen molar-refractivity contribution in [2.75, 3.05) is 0 Å². The van der Waals surface area contributed by atoms with E-state index in [0.29, 0.717) is 35.0 Å². The van der Waals surface area contributed by atoms with E-state index in [9.17, 15) is 4.79 Å². The number of para-hydroxylation sites is 2. The first-order valence-corrected chi connectivity index (χ1v) is 9.54. The van der Waals surface area contributed by atoms with Gasteiger partial charge in [0.05, 0.1) is 5.56 Å². The van der Waals surface area contributed by atoms with Gasteiger partial charge in [0.15, 0.2) is 17.3 Å². The predicted molar refractivity (Wildman–Crippen MR) is 112 cm³/mol. The number of hydrogen-bond acceptors (Lipinski definition) is 3. The Morgan fingerprint density at radius 3 is 1.93 bits per heavy atom. The van der Waals surface area contributed by atoms with Crippen LogP contribution in [0.2, 0.25) is 0 Å². The molecule has 3 nitrogen and oxygen atoms in total. The number of carbonyl (C=O) groups is 1. The zero-order valence-corrected chi connectivity index (χ0v) is 15.7. The number of ketones is 1. The zero-order chi connectivity index (χ0) is 19.6. The standard InChI is InChI=1S/C26H18O3/c27-25-22-14-8-7-9-18(22)17-19-15-16-23(28-20-10-3-1-4-11-20)26(24(19)25)29-21-12-5-2-6-13-21/h1-16H,17H2. The maximum atomic E-state index is 13.4. The van der Waals surface area contributed by atoms with Gasteiger partial charge in [-0.1, -0.05) is 66.7 Å². The van der Waals surface area contributed by atoms with Gasteiger partial charge in [0.2, 0.25) is 0 Å². The highest BCUT2D eigenvalue weighted by Crippen LogP contribution is 2.43. The molecule has 4 aromatic carbocycles. The van der Waals surface area contributed by atoms with E-state index in [-0.39, 0.29) is 5.78 Å². The number of hydrogen-bond donors (Lipinski definition) is 0. The molecule has 5 rings (SSSR count). The molecule has 0 amide bonds. The van der Waals surface area contributed by atoms with Crippen LogP contribution in [0.25, 0.3) is 0 Å². The van der Waals surface area contributed by atoms with Gasteiger partial charge >= 0.3 is 0 Å². The van der Waals surface area contributed by atoms with E-state index in [1.54, 1.807) is 0 Å². The molecular weight excluding hydrogens is 360 g/mol. The summed E-state index contributed by atoms with van der Waals surface area (Å²) in [5, 5.41) is 0. The van der Waals surface area contributed by atoms with Crippen LogP contribution in [-0.2, 0) is 6.42 Å². The molecule has 4 aromatic rings. The topological polar surface area (TPSA) is 35.5 Å². The Bertz CT molecular complexity index is 1180. The van der Waals surface area contributed by atoms with Crippen molar-refractivity contribution >= 4 is 5.78 Å². The van der Waals surface area contributed by atoms with Gasteiger partial charge in [-0.3, -0.25) is 4.79 Å². The van der Waals surface area contributed by atoms with Crippen LogP contribution < -0.4 is 9.47 Å². The van der Waals surface area contributed by atoms with Crippen molar-refractivity contribution in [3.8, 4) is 23.0 Å². The first-order valence-electron chi connectivity index (χ1n) is 9.54. The van der Waals surface area contributed by atoms with Crippen LogP contribution in [0.5, 0.6) is 23.0 Å². The second kappa shape index (κ2) is 7.28. The second-order valence-electron chi connectivity index (χ2n) is 6.92. The Hall–Kier alpha value is -3.85. The fourth-order valence-electron chi connectivity index (χ4n) is 3.64. The van der Waals surface area contributed by atoms with Crippen molar-refractivity contribution in [3.05, 3.63) is 119 Å². The Morgan fingerprint density at radius 2 is 1.21 bits per heavy atom. The largest absolute Gasteiger partial charge is 0.453 e. The van der Waals surface area contributed by atoms with Gasteiger partial charge in [-0.05, 0) is 47.9 Å². The molecular formula is C26H18O3. The maximum absolute atomic E-state index is 13.4. The van der Waals surface area contributed by atoms with Crippen molar-refractivity contribution in [3.63, 3.8) is 0 Å². The summed E-state index contributed by atoms with van der Waals surface area (Å²) in [5.41, 5.74) is 3.27. The summed E-state index contributed by atoms with van der Waals surface area (Å²) in [6.45, 7) is 0. The fourth-order valence-corrected chi connectivity index (χ4v) is 3.64. The highest BCUT2D eigenvalue weighted by Gasteiger charge is 2.29. The van der Waals surface area contributed by atoms with Gasteiger partial charge in [0.1, 0.15) is 11.5 Å². The molecule has 0 fully saturated rings. The molecule has 0 saturated carbocycles. The third-order valence-corrected chi connectivity index (χ3v) is 5.01. The molecule has 0 unspecified atom stereocenters. The van der Waals surface area contributed by atoms with Crippen LogP contribution in [0.4, 0.5) is 0 Å². The van der Waals surface area contributed by atoms with Crippen LogP contribution in [0.15, 0.2) is 97.1 Å². The molecule has 1 aliphatic rings. The van der Waals surface area contributed by atoms with E-state index in [1.807, 2.05) is 97.1 Å². The molecule has 0 bridgehead atoms. The average Bonchev–Trinajstić information content (AvgIpc) is 2.77. The SMILES string of the molecule is O=C1c2ccccc2Cc2ccc(Oc3ccccc3)c(Oc3ccccc3)c21. The Balaban J connectivity index is 1.65. The van der Waals surface area contributed by atoms with Crippen LogP contribution >= 0.6 is 0 Å². The van der Waals surface area contributed by atoms with Crippen LogP contribution in [0, 0.1) is 0 Å². The predicted octanol–water partition coefficient (Wildman–Crippen LogP) is 6.41. The van der Waals surface area contributed by atoms with Crippen LogP contribution in [-0.4, -0.2) is 5.78 Å². The van der Waals surface area contributed by atoms with Crippen molar-refractivity contribution in [1.29, 1.82) is 0 Å². The van der Waals surface area contributed by atoms with Crippen molar-refractivity contribution in [2.45, 2.75) is 6.42 Å². The summed E-state index contributed by atoms with van der Waals surface area (Å²) in [6, 6.07) is 30.5. The molecule has 1 aliphatic carbocycles. The van der Waals surface area contributed by atoms with Gasteiger partial charge in [-0.15, -0.1) is 0 Å².